The highest BCUT2D eigenvalue weighted by Crippen LogP contribution is 2.11. The predicted octanol–water partition coefficient (Wildman–Crippen LogP) is -0.218. The van der Waals surface area contributed by atoms with Crippen molar-refractivity contribution in [1.82, 2.24) is 3.71 Å². The van der Waals surface area contributed by atoms with Crippen molar-refractivity contribution in [2.24, 2.45) is 0 Å². The Bertz CT molecular complexity index is 420. The normalized spacial score (nSPS) is 11.8. The first-order valence-electron chi connectivity index (χ1n) is 3.25. The van der Waals surface area contributed by atoms with Crippen molar-refractivity contribution in [3.05, 3.63) is 24.0 Å². The summed E-state index contributed by atoms with van der Waals surface area (Å²) in [5.41, 5.74) is 0. The summed E-state index contributed by atoms with van der Waals surface area (Å²) in [4.78, 5) is 10.8. The van der Waals surface area contributed by atoms with Gasteiger partial charge in [-0.3, -0.25) is 4.79 Å². The maximum absolute atomic E-state index is 11.1. The van der Waals surface area contributed by atoms with Gasteiger partial charge in [0.1, 0.15) is 0 Å². The molecule has 0 aliphatic carbocycles. The van der Waals surface area contributed by atoms with E-state index < -0.39 is 26.0 Å². The van der Waals surface area contributed by atoms with Gasteiger partial charge in [-0.2, -0.15) is 0 Å². The Morgan fingerprint density at radius 1 is 1.07 bits per heavy atom. The van der Waals surface area contributed by atoms with Gasteiger partial charge in [0.25, 0.3) is 20.0 Å². The third kappa shape index (κ3) is 2.42. The number of hydrogen-bond acceptors (Lipinski definition) is 5. The fourth-order valence-corrected chi connectivity index (χ4v) is 3.15. The molecule has 0 atom stereocenters. The molecule has 0 aliphatic rings. The Balaban J connectivity index is 5.78. The molecule has 0 saturated heterocycles. The minimum atomic E-state index is -4.34. The molecule has 0 saturated carbocycles. The summed E-state index contributed by atoms with van der Waals surface area (Å²) < 4.78 is 44.1. The second-order valence-electron chi connectivity index (χ2n) is 2.14. The SMILES string of the molecule is C=CS(=O)(=O)N(C(C)=O)S(=O)(=O)C=C. The van der Waals surface area contributed by atoms with Crippen molar-refractivity contribution in [3.63, 3.8) is 0 Å². The quantitative estimate of drug-likeness (QED) is 0.676. The molecule has 0 aliphatic heterocycles. The summed E-state index contributed by atoms with van der Waals surface area (Å²) in [5.74, 6) is -1.15. The molecule has 6 nitrogen and oxygen atoms in total. The van der Waals surface area contributed by atoms with E-state index in [1.165, 1.54) is 0 Å². The first-order chi connectivity index (χ1) is 6.19. The van der Waals surface area contributed by atoms with Crippen molar-refractivity contribution in [1.29, 1.82) is 0 Å². The molecular formula is C6H9NO5S2. The van der Waals surface area contributed by atoms with Crippen LogP contribution in [0.1, 0.15) is 6.92 Å². The van der Waals surface area contributed by atoms with Crippen LogP contribution in [0.3, 0.4) is 0 Å². The molecule has 0 fully saturated rings. The molecule has 0 aromatic carbocycles. The van der Waals surface area contributed by atoms with E-state index in [-0.39, 0.29) is 3.71 Å². The van der Waals surface area contributed by atoms with Gasteiger partial charge in [0.15, 0.2) is 0 Å². The molecule has 0 N–H and O–H groups in total. The number of hydrogen-bond donors (Lipinski definition) is 0. The van der Waals surface area contributed by atoms with E-state index in [0.29, 0.717) is 10.8 Å². The third-order valence-electron chi connectivity index (χ3n) is 1.14. The van der Waals surface area contributed by atoms with E-state index in [0.717, 1.165) is 6.92 Å². The van der Waals surface area contributed by atoms with E-state index >= 15 is 0 Å². The fraction of sp³-hybridized carbons (Fsp3) is 0.167. The van der Waals surface area contributed by atoms with Crippen LogP contribution in [0.2, 0.25) is 0 Å². The van der Waals surface area contributed by atoms with Crippen LogP contribution in [0.25, 0.3) is 0 Å². The summed E-state index contributed by atoms with van der Waals surface area (Å²) in [7, 11) is -8.68. The summed E-state index contributed by atoms with van der Waals surface area (Å²) in [6, 6.07) is 0. The van der Waals surface area contributed by atoms with E-state index in [9.17, 15) is 21.6 Å². The van der Waals surface area contributed by atoms with Gasteiger partial charge in [-0.05, 0) is 0 Å². The lowest BCUT2D eigenvalue weighted by Gasteiger charge is -2.15. The Labute approximate surface area is 82.6 Å². The standard InChI is InChI=1S/C6H9NO5S2/c1-4-13(9,10)7(6(3)8)14(11,12)5-2/h4-5H,1-2H2,3H3. The molecule has 14 heavy (non-hydrogen) atoms. The van der Waals surface area contributed by atoms with Crippen molar-refractivity contribution in [3.8, 4) is 0 Å². The van der Waals surface area contributed by atoms with Crippen LogP contribution in [0.5, 0.6) is 0 Å². The third-order valence-corrected chi connectivity index (χ3v) is 4.67. The number of sulfonamides is 2. The molecule has 0 radical (unpaired) electrons. The molecule has 0 aromatic heterocycles. The topological polar surface area (TPSA) is 88.6 Å². The Kier molecular flexibility index (Phi) is 3.60. The van der Waals surface area contributed by atoms with Gasteiger partial charge in [-0.25, -0.2) is 16.8 Å². The molecule has 80 valence electrons. The van der Waals surface area contributed by atoms with Crippen LogP contribution in [0, 0.1) is 0 Å². The predicted molar refractivity (Wildman–Crippen MR) is 50.8 cm³/mol. The summed E-state index contributed by atoms with van der Waals surface area (Å²) in [6.07, 6.45) is 0. The maximum Gasteiger partial charge on any atom is 0.272 e. The highest BCUT2D eigenvalue weighted by atomic mass is 32.3. The average Bonchev–Trinajstić information content (AvgIpc) is 2.02. The molecule has 0 rings (SSSR count). The highest BCUT2D eigenvalue weighted by molar-refractivity contribution is 8.07. The molecule has 0 heterocycles. The Morgan fingerprint density at radius 2 is 1.36 bits per heavy atom. The second-order valence-corrected chi connectivity index (χ2v) is 5.83. The lowest BCUT2D eigenvalue weighted by atomic mass is 10.8. The van der Waals surface area contributed by atoms with Gasteiger partial charge in [0, 0.05) is 17.7 Å². The zero-order valence-electron chi connectivity index (χ0n) is 7.37. The van der Waals surface area contributed by atoms with Crippen molar-refractivity contribution < 1.29 is 21.6 Å². The molecule has 1 amide bonds. The van der Waals surface area contributed by atoms with Crippen molar-refractivity contribution >= 4 is 26.0 Å². The largest absolute Gasteiger partial charge is 0.273 e. The highest BCUT2D eigenvalue weighted by Gasteiger charge is 2.32. The first-order valence-corrected chi connectivity index (χ1v) is 6.25. The van der Waals surface area contributed by atoms with E-state index in [2.05, 4.69) is 13.2 Å². The Hall–Kier alpha value is -1.15. The van der Waals surface area contributed by atoms with Gasteiger partial charge in [-0.1, -0.05) is 13.2 Å². The van der Waals surface area contributed by atoms with E-state index in [1.54, 1.807) is 0 Å². The van der Waals surface area contributed by atoms with Gasteiger partial charge >= 0.3 is 0 Å². The minimum Gasteiger partial charge on any atom is -0.273 e. The molecular weight excluding hydrogens is 230 g/mol. The number of nitrogens with zero attached hydrogens (tertiary/aromatic N) is 1. The Morgan fingerprint density at radius 3 is 1.50 bits per heavy atom. The zero-order chi connectivity index (χ0) is 11.6. The number of carbonyl (C=O) groups excluding carboxylic acids is 1. The van der Waals surface area contributed by atoms with Crippen molar-refractivity contribution in [2.75, 3.05) is 0 Å². The molecule has 0 aromatic rings. The fourth-order valence-electron chi connectivity index (χ4n) is 0.639. The first kappa shape index (κ1) is 12.8. The van der Waals surface area contributed by atoms with Crippen LogP contribution in [-0.2, 0) is 24.8 Å². The monoisotopic (exact) mass is 239 g/mol. The summed E-state index contributed by atoms with van der Waals surface area (Å²) in [5, 5.41) is 0.741. The minimum absolute atomic E-state index is 0.278. The van der Waals surface area contributed by atoms with Crippen molar-refractivity contribution in [2.45, 2.75) is 6.92 Å². The van der Waals surface area contributed by atoms with Gasteiger partial charge < -0.3 is 0 Å². The second kappa shape index (κ2) is 3.93. The lowest BCUT2D eigenvalue weighted by molar-refractivity contribution is -0.121. The number of amides is 1. The van der Waals surface area contributed by atoms with Gasteiger partial charge in [-0.15, -0.1) is 3.71 Å². The molecule has 0 unspecified atom stereocenters. The van der Waals surface area contributed by atoms with Crippen LogP contribution in [0.4, 0.5) is 0 Å². The van der Waals surface area contributed by atoms with E-state index in [1.807, 2.05) is 0 Å². The van der Waals surface area contributed by atoms with Crippen LogP contribution < -0.4 is 0 Å². The zero-order valence-corrected chi connectivity index (χ0v) is 9.01. The smallest absolute Gasteiger partial charge is 0.272 e. The molecule has 8 heteroatoms. The molecule has 0 spiro atoms. The van der Waals surface area contributed by atoms with Gasteiger partial charge in [0.05, 0.1) is 0 Å². The summed E-state index contributed by atoms with van der Waals surface area (Å²) >= 11 is 0. The number of carbonyl (C=O) groups is 1. The number of rotatable bonds is 4. The van der Waals surface area contributed by atoms with Crippen LogP contribution in [0.15, 0.2) is 24.0 Å². The average molecular weight is 239 g/mol. The lowest BCUT2D eigenvalue weighted by Crippen LogP contribution is -2.37. The summed E-state index contributed by atoms with van der Waals surface area (Å²) in [6.45, 7) is 6.61. The van der Waals surface area contributed by atoms with Crippen LogP contribution >= 0.6 is 0 Å². The van der Waals surface area contributed by atoms with E-state index in [4.69, 9.17) is 0 Å². The van der Waals surface area contributed by atoms with Crippen LogP contribution in [-0.4, -0.2) is 26.5 Å². The molecule has 0 bridgehead atoms. The van der Waals surface area contributed by atoms with Gasteiger partial charge in [0.2, 0.25) is 5.91 Å². The maximum atomic E-state index is 11.1.